The van der Waals surface area contributed by atoms with Crippen molar-refractivity contribution in [1.82, 2.24) is 5.32 Å². The third-order valence-corrected chi connectivity index (χ3v) is 4.04. The lowest BCUT2D eigenvalue weighted by atomic mass is 9.86. The summed E-state index contributed by atoms with van der Waals surface area (Å²) in [7, 11) is 1.38. The standard InChI is InChI=1S/C16H20F3NO3/c1-22-15(21)11-6-8-13(9-7-11)20-10-12-4-2-3-5-14(12)23-16(17,18)19/h2-5,11,13,20H,6-10H2,1H3. The molecule has 0 aliphatic heterocycles. The number of carbonyl (C=O) groups excluding carboxylic acids is 1. The molecule has 1 fully saturated rings. The molecular formula is C16H20F3NO3. The number of nitrogens with one attached hydrogen (secondary N) is 1. The van der Waals surface area contributed by atoms with Gasteiger partial charge in [-0.05, 0) is 31.7 Å². The second kappa shape index (κ2) is 7.68. The fraction of sp³-hybridized carbons (Fsp3) is 0.562. The van der Waals surface area contributed by atoms with Gasteiger partial charge in [0.1, 0.15) is 5.75 Å². The SMILES string of the molecule is COC(=O)C1CCC(NCc2ccccc2OC(F)(F)F)CC1. The Kier molecular flexibility index (Phi) is 5.87. The average molecular weight is 331 g/mol. The molecule has 0 aromatic heterocycles. The molecule has 0 spiro atoms. The van der Waals surface area contributed by atoms with E-state index in [1.54, 1.807) is 12.1 Å². The Morgan fingerprint density at radius 1 is 1.22 bits per heavy atom. The summed E-state index contributed by atoms with van der Waals surface area (Å²) in [6.07, 6.45) is -1.66. The fourth-order valence-corrected chi connectivity index (χ4v) is 2.83. The van der Waals surface area contributed by atoms with Gasteiger partial charge in [-0.3, -0.25) is 4.79 Å². The van der Waals surface area contributed by atoms with Crippen LogP contribution in [0.2, 0.25) is 0 Å². The van der Waals surface area contributed by atoms with Crippen LogP contribution in [-0.2, 0) is 16.1 Å². The molecule has 23 heavy (non-hydrogen) atoms. The number of carbonyl (C=O) groups is 1. The monoisotopic (exact) mass is 331 g/mol. The van der Waals surface area contributed by atoms with Crippen molar-refractivity contribution in [2.75, 3.05) is 7.11 Å². The van der Waals surface area contributed by atoms with Crippen LogP contribution in [0.25, 0.3) is 0 Å². The molecule has 7 heteroatoms. The van der Waals surface area contributed by atoms with Gasteiger partial charge < -0.3 is 14.8 Å². The second-order valence-corrected chi connectivity index (χ2v) is 5.61. The van der Waals surface area contributed by atoms with Crippen LogP contribution in [0.3, 0.4) is 0 Å². The van der Waals surface area contributed by atoms with E-state index in [4.69, 9.17) is 4.74 Å². The maximum Gasteiger partial charge on any atom is 0.573 e. The van der Waals surface area contributed by atoms with E-state index >= 15 is 0 Å². The Balaban J connectivity index is 1.86. The zero-order valence-corrected chi connectivity index (χ0v) is 12.9. The van der Waals surface area contributed by atoms with Gasteiger partial charge in [0.05, 0.1) is 13.0 Å². The number of halogens is 3. The van der Waals surface area contributed by atoms with Crippen molar-refractivity contribution in [3.05, 3.63) is 29.8 Å². The molecule has 2 rings (SSSR count). The Morgan fingerprint density at radius 2 is 1.87 bits per heavy atom. The van der Waals surface area contributed by atoms with Crippen LogP contribution < -0.4 is 10.1 Å². The number of esters is 1. The van der Waals surface area contributed by atoms with Crippen molar-refractivity contribution >= 4 is 5.97 Å². The molecule has 0 unspecified atom stereocenters. The maximum absolute atomic E-state index is 12.4. The van der Waals surface area contributed by atoms with Crippen molar-refractivity contribution in [3.63, 3.8) is 0 Å². The normalized spacial score (nSPS) is 21.7. The molecule has 0 atom stereocenters. The first kappa shape index (κ1) is 17.6. The van der Waals surface area contributed by atoms with Crippen molar-refractivity contribution in [1.29, 1.82) is 0 Å². The number of para-hydroxylation sites is 1. The minimum atomic E-state index is -4.70. The highest BCUT2D eigenvalue weighted by molar-refractivity contribution is 5.72. The first-order chi connectivity index (χ1) is 10.9. The first-order valence-corrected chi connectivity index (χ1v) is 7.54. The summed E-state index contributed by atoms with van der Waals surface area (Å²) < 4.78 is 45.9. The summed E-state index contributed by atoms with van der Waals surface area (Å²) in [5, 5.41) is 3.24. The number of hydrogen-bond donors (Lipinski definition) is 1. The zero-order valence-electron chi connectivity index (χ0n) is 12.9. The molecule has 1 aromatic rings. The molecular weight excluding hydrogens is 311 g/mol. The molecule has 0 bridgehead atoms. The summed E-state index contributed by atoms with van der Waals surface area (Å²) in [6.45, 7) is 0.291. The van der Waals surface area contributed by atoms with Crippen LogP contribution in [0.4, 0.5) is 13.2 Å². The van der Waals surface area contributed by atoms with E-state index in [0.717, 1.165) is 25.7 Å². The van der Waals surface area contributed by atoms with Crippen LogP contribution in [0, 0.1) is 5.92 Å². The molecule has 0 amide bonds. The zero-order chi connectivity index (χ0) is 16.9. The van der Waals surface area contributed by atoms with Crippen molar-refractivity contribution in [2.24, 2.45) is 5.92 Å². The lowest BCUT2D eigenvalue weighted by Gasteiger charge is -2.28. The highest BCUT2D eigenvalue weighted by Gasteiger charge is 2.32. The van der Waals surface area contributed by atoms with Crippen LogP contribution in [-0.4, -0.2) is 25.5 Å². The molecule has 128 valence electrons. The van der Waals surface area contributed by atoms with E-state index in [1.807, 2.05) is 0 Å². The fourth-order valence-electron chi connectivity index (χ4n) is 2.83. The van der Waals surface area contributed by atoms with Crippen LogP contribution in [0.1, 0.15) is 31.2 Å². The van der Waals surface area contributed by atoms with Gasteiger partial charge in [0.25, 0.3) is 0 Å². The highest BCUT2D eigenvalue weighted by atomic mass is 19.4. The van der Waals surface area contributed by atoms with Gasteiger partial charge in [-0.15, -0.1) is 13.2 Å². The van der Waals surface area contributed by atoms with Gasteiger partial charge in [-0.2, -0.15) is 0 Å². The molecule has 0 saturated heterocycles. The maximum atomic E-state index is 12.4. The molecule has 1 aromatic carbocycles. The van der Waals surface area contributed by atoms with E-state index in [9.17, 15) is 18.0 Å². The van der Waals surface area contributed by atoms with Gasteiger partial charge in [0.2, 0.25) is 0 Å². The second-order valence-electron chi connectivity index (χ2n) is 5.61. The minimum absolute atomic E-state index is 0.0705. The predicted octanol–water partition coefficient (Wildman–Crippen LogP) is 3.41. The van der Waals surface area contributed by atoms with Crippen molar-refractivity contribution < 1.29 is 27.4 Å². The summed E-state index contributed by atoms with van der Waals surface area (Å²) in [5.41, 5.74) is 0.458. The van der Waals surface area contributed by atoms with E-state index in [2.05, 4.69) is 10.1 Å². The average Bonchev–Trinajstić information content (AvgIpc) is 2.52. The Morgan fingerprint density at radius 3 is 2.48 bits per heavy atom. The molecule has 1 N–H and O–H groups in total. The molecule has 0 heterocycles. The van der Waals surface area contributed by atoms with E-state index in [1.165, 1.54) is 19.2 Å². The number of benzene rings is 1. The molecule has 0 radical (unpaired) electrons. The summed E-state index contributed by atoms with van der Waals surface area (Å²) in [5.74, 6) is -0.443. The Bertz CT molecular complexity index is 526. The number of rotatable bonds is 5. The van der Waals surface area contributed by atoms with Crippen LogP contribution in [0.15, 0.2) is 24.3 Å². The van der Waals surface area contributed by atoms with E-state index in [-0.39, 0.29) is 23.7 Å². The number of hydrogen-bond acceptors (Lipinski definition) is 4. The van der Waals surface area contributed by atoms with Gasteiger partial charge in [-0.25, -0.2) is 0 Å². The highest BCUT2D eigenvalue weighted by Crippen LogP contribution is 2.28. The largest absolute Gasteiger partial charge is 0.573 e. The third-order valence-electron chi connectivity index (χ3n) is 4.04. The van der Waals surface area contributed by atoms with Gasteiger partial charge in [0, 0.05) is 18.2 Å². The third kappa shape index (κ3) is 5.42. The van der Waals surface area contributed by atoms with Gasteiger partial charge in [-0.1, -0.05) is 18.2 Å². The van der Waals surface area contributed by atoms with Gasteiger partial charge >= 0.3 is 12.3 Å². The number of methoxy groups -OCH3 is 1. The van der Waals surface area contributed by atoms with Gasteiger partial charge in [0.15, 0.2) is 0 Å². The summed E-state index contributed by atoms with van der Waals surface area (Å²) in [4.78, 5) is 11.5. The Labute approximate surface area is 133 Å². The topological polar surface area (TPSA) is 47.6 Å². The van der Waals surface area contributed by atoms with E-state index in [0.29, 0.717) is 12.1 Å². The summed E-state index contributed by atoms with van der Waals surface area (Å²) >= 11 is 0. The van der Waals surface area contributed by atoms with Crippen LogP contribution >= 0.6 is 0 Å². The quantitative estimate of drug-likeness (QED) is 0.840. The smallest absolute Gasteiger partial charge is 0.469 e. The molecule has 4 nitrogen and oxygen atoms in total. The van der Waals surface area contributed by atoms with Crippen LogP contribution in [0.5, 0.6) is 5.75 Å². The lowest BCUT2D eigenvalue weighted by molar-refractivity contribution is -0.274. The van der Waals surface area contributed by atoms with E-state index < -0.39 is 6.36 Å². The molecule has 1 saturated carbocycles. The Hall–Kier alpha value is -1.76. The molecule has 1 aliphatic rings. The summed E-state index contributed by atoms with van der Waals surface area (Å²) in [6, 6.07) is 6.27. The molecule has 1 aliphatic carbocycles. The predicted molar refractivity (Wildman–Crippen MR) is 77.7 cm³/mol. The minimum Gasteiger partial charge on any atom is -0.469 e. The first-order valence-electron chi connectivity index (χ1n) is 7.54. The lowest BCUT2D eigenvalue weighted by Crippen LogP contribution is -2.35. The number of ether oxygens (including phenoxy) is 2. The van der Waals surface area contributed by atoms with Crippen molar-refractivity contribution in [2.45, 2.75) is 44.6 Å². The van der Waals surface area contributed by atoms with Crippen molar-refractivity contribution in [3.8, 4) is 5.75 Å². The number of alkyl halides is 3.